The minimum Gasteiger partial charge on any atom is -0.324 e. The van der Waals surface area contributed by atoms with E-state index in [1.807, 2.05) is 41.2 Å². The third kappa shape index (κ3) is 2.76. The van der Waals surface area contributed by atoms with Crippen molar-refractivity contribution >= 4 is 11.8 Å². The Morgan fingerprint density at radius 2 is 1.61 bits per heavy atom. The molecule has 0 bridgehead atoms. The summed E-state index contributed by atoms with van der Waals surface area (Å²) in [5.41, 5.74) is 6.00. The summed E-state index contributed by atoms with van der Waals surface area (Å²) in [6.07, 6.45) is 3.85. The Bertz CT molecular complexity index is 544. The molecule has 0 radical (unpaired) electrons. The van der Waals surface area contributed by atoms with Crippen LogP contribution in [0.25, 0.3) is 5.69 Å². The van der Waals surface area contributed by atoms with Gasteiger partial charge in [0.2, 0.25) is 5.91 Å². The summed E-state index contributed by atoms with van der Waals surface area (Å²) in [7, 11) is 0. The number of rotatable bonds is 2. The van der Waals surface area contributed by atoms with Gasteiger partial charge in [0.05, 0.1) is 0 Å². The zero-order valence-electron chi connectivity index (χ0n) is 9.88. The summed E-state index contributed by atoms with van der Waals surface area (Å²) >= 11 is 0. The first-order chi connectivity index (χ1) is 8.66. The van der Waals surface area contributed by atoms with Crippen LogP contribution in [0.5, 0.6) is 0 Å². The van der Waals surface area contributed by atoms with Gasteiger partial charge < -0.3 is 4.57 Å². The molecule has 1 heterocycles. The second-order valence-corrected chi connectivity index (χ2v) is 3.77. The maximum atomic E-state index is 11.6. The van der Waals surface area contributed by atoms with Gasteiger partial charge in [-0.05, 0) is 36.4 Å². The van der Waals surface area contributed by atoms with Crippen molar-refractivity contribution in [1.29, 1.82) is 0 Å². The van der Waals surface area contributed by atoms with E-state index in [1.165, 1.54) is 6.92 Å². The Balaban J connectivity index is 2.08. The van der Waals surface area contributed by atoms with Crippen LogP contribution in [0.4, 0.5) is 0 Å². The smallest absolute Gasteiger partial charge is 0.269 e. The first-order valence-corrected chi connectivity index (χ1v) is 5.47. The third-order valence-electron chi connectivity index (χ3n) is 2.38. The number of aromatic nitrogens is 1. The number of carbonyl (C=O) groups excluding carboxylic acids is 2. The molecule has 0 atom stereocenters. The monoisotopic (exact) mass is 243 g/mol. The molecule has 0 saturated heterocycles. The van der Waals surface area contributed by atoms with E-state index in [0.29, 0.717) is 5.56 Å². The highest BCUT2D eigenvalue weighted by molar-refractivity contribution is 5.95. The van der Waals surface area contributed by atoms with Gasteiger partial charge in [-0.1, -0.05) is 0 Å². The molecule has 0 fully saturated rings. The van der Waals surface area contributed by atoms with Gasteiger partial charge in [0.1, 0.15) is 0 Å². The summed E-state index contributed by atoms with van der Waals surface area (Å²) in [6.45, 7) is 1.33. The molecule has 18 heavy (non-hydrogen) atoms. The van der Waals surface area contributed by atoms with Crippen molar-refractivity contribution in [2.75, 3.05) is 0 Å². The molecule has 0 spiro atoms. The summed E-state index contributed by atoms with van der Waals surface area (Å²) in [5, 5.41) is 0. The number of hydrogen-bond donors (Lipinski definition) is 2. The van der Waals surface area contributed by atoms with Crippen LogP contribution in [-0.2, 0) is 4.79 Å². The van der Waals surface area contributed by atoms with Crippen molar-refractivity contribution in [2.24, 2.45) is 0 Å². The molecule has 2 rings (SSSR count). The average molecular weight is 243 g/mol. The Morgan fingerprint density at radius 3 is 2.17 bits per heavy atom. The van der Waals surface area contributed by atoms with Crippen LogP contribution in [0, 0.1) is 0 Å². The topological polar surface area (TPSA) is 63.1 Å². The highest BCUT2D eigenvalue weighted by atomic mass is 16.2. The average Bonchev–Trinajstić information content (AvgIpc) is 2.90. The minimum absolute atomic E-state index is 0.313. The molecule has 5 heteroatoms. The van der Waals surface area contributed by atoms with Crippen LogP contribution in [0.15, 0.2) is 48.8 Å². The Kier molecular flexibility index (Phi) is 3.43. The van der Waals surface area contributed by atoms with Crippen molar-refractivity contribution in [3.8, 4) is 5.69 Å². The van der Waals surface area contributed by atoms with Gasteiger partial charge in [-0.2, -0.15) is 0 Å². The largest absolute Gasteiger partial charge is 0.324 e. The van der Waals surface area contributed by atoms with E-state index >= 15 is 0 Å². The van der Waals surface area contributed by atoms with Crippen LogP contribution in [0.2, 0.25) is 0 Å². The van der Waals surface area contributed by atoms with Crippen LogP contribution < -0.4 is 10.9 Å². The third-order valence-corrected chi connectivity index (χ3v) is 2.38. The molecule has 2 amide bonds. The first-order valence-electron chi connectivity index (χ1n) is 5.47. The van der Waals surface area contributed by atoms with Crippen LogP contribution in [0.1, 0.15) is 17.3 Å². The maximum Gasteiger partial charge on any atom is 0.269 e. The van der Waals surface area contributed by atoms with Crippen molar-refractivity contribution in [3.05, 3.63) is 54.4 Å². The van der Waals surface area contributed by atoms with E-state index in [1.54, 1.807) is 12.1 Å². The SMILES string of the molecule is CC(=O)NNC(=O)c1ccc(-n2cccc2)cc1. The van der Waals surface area contributed by atoms with Crippen molar-refractivity contribution < 1.29 is 9.59 Å². The van der Waals surface area contributed by atoms with Gasteiger partial charge in [-0.25, -0.2) is 0 Å². The van der Waals surface area contributed by atoms with Crippen molar-refractivity contribution in [2.45, 2.75) is 6.92 Å². The number of carbonyl (C=O) groups is 2. The zero-order chi connectivity index (χ0) is 13.0. The van der Waals surface area contributed by atoms with Crippen LogP contribution in [0.3, 0.4) is 0 Å². The highest BCUT2D eigenvalue weighted by Gasteiger charge is 2.05. The van der Waals surface area contributed by atoms with Crippen molar-refractivity contribution in [1.82, 2.24) is 15.4 Å². The summed E-state index contributed by atoms with van der Waals surface area (Å²) < 4.78 is 1.94. The molecule has 92 valence electrons. The molecule has 1 aromatic heterocycles. The lowest BCUT2D eigenvalue weighted by atomic mass is 10.2. The quantitative estimate of drug-likeness (QED) is 0.780. The number of nitrogens with one attached hydrogen (secondary N) is 2. The molecular formula is C13H13N3O2. The summed E-state index contributed by atoms with van der Waals surface area (Å²) in [6, 6.07) is 10.9. The van der Waals surface area contributed by atoms with Crippen LogP contribution in [-0.4, -0.2) is 16.4 Å². The lowest BCUT2D eigenvalue weighted by Crippen LogP contribution is -2.40. The number of amides is 2. The fourth-order valence-electron chi connectivity index (χ4n) is 1.51. The van der Waals surface area contributed by atoms with E-state index in [0.717, 1.165) is 5.69 Å². The predicted octanol–water partition coefficient (Wildman–Crippen LogP) is 1.26. The molecule has 0 unspecified atom stereocenters. The lowest BCUT2D eigenvalue weighted by molar-refractivity contribution is -0.119. The molecule has 1 aromatic carbocycles. The van der Waals surface area contributed by atoms with Gasteiger partial charge >= 0.3 is 0 Å². The van der Waals surface area contributed by atoms with Gasteiger partial charge in [-0.3, -0.25) is 20.4 Å². The van der Waals surface area contributed by atoms with Crippen LogP contribution >= 0.6 is 0 Å². The Morgan fingerprint density at radius 1 is 1.00 bits per heavy atom. The van der Waals surface area contributed by atoms with Crippen molar-refractivity contribution in [3.63, 3.8) is 0 Å². The lowest BCUT2D eigenvalue weighted by Gasteiger charge is -2.06. The van der Waals surface area contributed by atoms with Gasteiger partial charge in [-0.15, -0.1) is 0 Å². The summed E-state index contributed by atoms with van der Waals surface area (Å²) in [4.78, 5) is 22.3. The molecular weight excluding hydrogens is 230 g/mol. The molecule has 0 saturated carbocycles. The van der Waals surface area contributed by atoms with E-state index < -0.39 is 0 Å². The molecule has 2 N–H and O–H groups in total. The fourth-order valence-corrected chi connectivity index (χ4v) is 1.51. The minimum atomic E-state index is -0.343. The van der Waals surface area contributed by atoms with E-state index in [-0.39, 0.29) is 11.8 Å². The number of hydrazine groups is 1. The molecule has 0 aliphatic heterocycles. The highest BCUT2D eigenvalue weighted by Crippen LogP contribution is 2.09. The first kappa shape index (κ1) is 11.9. The number of benzene rings is 1. The zero-order valence-corrected chi connectivity index (χ0v) is 9.88. The van der Waals surface area contributed by atoms with Gasteiger partial charge in [0.25, 0.3) is 5.91 Å². The predicted molar refractivity (Wildman–Crippen MR) is 67.1 cm³/mol. The normalized spacial score (nSPS) is 9.83. The van der Waals surface area contributed by atoms with E-state index in [2.05, 4.69) is 10.9 Å². The second kappa shape index (κ2) is 5.18. The molecule has 2 aromatic rings. The fraction of sp³-hybridized carbons (Fsp3) is 0.0769. The molecule has 5 nitrogen and oxygen atoms in total. The van der Waals surface area contributed by atoms with Gasteiger partial charge in [0.15, 0.2) is 0 Å². The molecule has 0 aliphatic carbocycles. The number of hydrogen-bond acceptors (Lipinski definition) is 2. The second-order valence-electron chi connectivity index (χ2n) is 3.77. The standard InChI is InChI=1S/C13H13N3O2/c1-10(17)14-15-13(18)11-4-6-12(7-5-11)16-8-2-3-9-16/h2-9H,1H3,(H,14,17)(H,15,18). The van der Waals surface area contributed by atoms with E-state index in [4.69, 9.17) is 0 Å². The van der Waals surface area contributed by atoms with E-state index in [9.17, 15) is 9.59 Å². The molecule has 0 aliphatic rings. The Labute approximate surface area is 104 Å². The summed E-state index contributed by atoms with van der Waals surface area (Å²) in [5.74, 6) is -0.656. The number of nitrogens with zero attached hydrogens (tertiary/aromatic N) is 1. The maximum absolute atomic E-state index is 11.6. The van der Waals surface area contributed by atoms with Gasteiger partial charge in [0, 0.05) is 30.6 Å². The Hall–Kier alpha value is -2.56.